The highest BCUT2D eigenvalue weighted by molar-refractivity contribution is 5.92. The van der Waals surface area contributed by atoms with Gasteiger partial charge in [0.2, 0.25) is 5.91 Å². The van der Waals surface area contributed by atoms with Crippen LogP contribution in [-0.2, 0) is 11.8 Å². The molecule has 4 nitrogen and oxygen atoms in total. The van der Waals surface area contributed by atoms with E-state index in [9.17, 15) is 4.79 Å². The largest absolute Gasteiger partial charge is 0.311 e. The van der Waals surface area contributed by atoms with Gasteiger partial charge in [-0.25, -0.2) is 0 Å². The van der Waals surface area contributed by atoms with Gasteiger partial charge in [0.15, 0.2) is 0 Å². The highest BCUT2D eigenvalue weighted by Crippen LogP contribution is 2.40. The molecule has 92 valence electrons. The molecule has 3 rings (SSSR count). The Morgan fingerprint density at radius 2 is 2.06 bits per heavy atom. The Kier molecular flexibility index (Phi) is 2.65. The Bertz CT molecular complexity index is 428. The van der Waals surface area contributed by atoms with E-state index in [0.717, 1.165) is 24.4 Å². The van der Waals surface area contributed by atoms with Crippen LogP contribution in [0.25, 0.3) is 0 Å². The predicted octanol–water partition coefficient (Wildman–Crippen LogP) is 2.43. The number of hydrogen-bond acceptors (Lipinski definition) is 2. The molecule has 1 aromatic heterocycles. The third-order valence-corrected chi connectivity index (χ3v) is 3.87. The lowest BCUT2D eigenvalue weighted by molar-refractivity contribution is -0.119. The molecule has 2 aliphatic rings. The molecule has 0 aromatic carbocycles. The summed E-state index contributed by atoms with van der Waals surface area (Å²) < 4.78 is 1.79. The van der Waals surface area contributed by atoms with Crippen LogP contribution in [0.3, 0.4) is 0 Å². The topological polar surface area (TPSA) is 46.9 Å². The highest BCUT2D eigenvalue weighted by Gasteiger charge is 2.28. The second kappa shape index (κ2) is 4.17. The Morgan fingerprint density at radius 1 is 1.35 bits per heavy atom. The molecular weight excluding hydrogens is 214 g/mol. The van der Waals surface area contributed by atoms with Crippen LogP contribution in [0, 0.1) is 5.92 Å². The SMILES string of the molecule is Cn1nc(C2CC2)cc1NC(=O)C1CCCC1. The quantitative estimate of drug-likeness (QED) is 0.871. The van der Waals surface area contributed by atoms with E-state index in [1.165, 1.54) is 25.7 Å². The van der Waals surface area contributed by atoms with E-state index in [1.54, 1.807) is 4.68 Å². The number of nitrogens with one attached hydrogen (secondary N) is 1. The molecular formula is C13H19N3O. The maximum atomic E-state index is 12.0. The third-order valence-electron chi connectivity index (χ3n) is 3.87. The van der Waals surface area contributed by atoms with Crippen molar-refractivity contribution in [3.63, 3.8) is 0 Å². The first-order valence-electron chi connectivity index (χ1n) is 6.59. The first kappa shape index (κ1) is 10.8. The highest BCUT2D eigenvalue weighted by atomic mass is 16.2. The minimum absolute atomic E-state index is 0.174. The molecule has 2 aliphatic carbocycles. The summed E-state index contributed by atoms with van der Waals surface area (Å²) in [5.74, 6) is 1.88. The third kappa shape index (κ3) is 2.21. The molecule has 0 unspecified atom stereocenters. The second-order valence-electron chi connectivity index (χ2n) is 5.32. The Balaban J connectivity index is 1.68. The average molecular weight is 233 g/mol. The summed E-state index contributed by atoms with van der Waals surface area (Å²) >= 11 is 0. The van der Waals surface area contributed by atoms with Crippen LogP contribution in [0.1, 0.15) is 50.1 Å². The van der Waals surface area contributed by atoms with Crippen molar-refractivity contribution >= 4 is 11.7 Å². The van der Waals surface area contributed by atoms with Gasteiger partial charge in [-0.2, -0.15) is 5.10 Å². The van der Waals surface area contributed by atoms with Crippen molar-refractivity contribution < 1.29 is 4.79 Å². The van der Waals surface area contributed by atoms with Crippen molar-refractivity contribution in [2.24, 2.45) is 13.0 Å². The summed E-state index contributed by atoms with van der Waals surface area (Å²) in [4.78, 5) is 12.0. The standard InChI is InChI=1S/C13H19N3O/c1-16-12(8-11(15-16)9-6-7-9)14-13(17)10-4-2-3-5-10/h8-10H,2-7H2,1H3,(H,14,17). The molecule has 2 saturated carbocycles. The molecule has 1 N–H and O–H groups in total. The second-order valence-corrected chi connectivity index (χ2v) is 5.32. The number of anilines is 1. The molecule has 0 bridgehead atoms. The lowest BCUT2D eigenvalue weighted by atomic mass is 10.1. The van der Waals surface area contributed by atoms with Crippen LogP contribution in [0.4, 0.5) is 5.82 Å². The molecule has 1 amide bonds. The van der Waals surface area contributed by atoms with Crippen LogP contribution in [0.2, 0.25) is 0 Å². The Labute approximate surface area is 101 Å². The lowest BCUT2D eigenvalue weighted by Crippen LogP contribution is -2.21. The van der Waals surface area contributed by atoms with Gasteiger partial charge in [0.1, 0.15) is 5.82 Å². The van der Waals surface area contributed by atoms with E-state index < -0.39 is 0 Å². The van der Waals surface area contributed by atoms with E-state index >= 15 is 0 Å². The molecule has 17 heavy (non-hydrogen) atoms. The van der Waals surface area contributed by atoms with E-state index in [0.29, 0.717) is 5.92 Å². The number of nitrogens with zero attached hydrogens (tertiary/aromatic N) is 2. The van der Waals surface area contributed by atoms with Crippen molar-refractivity contribution in [2.75, 3.05) is 5.32 Å². The van der Waals surface area contributed by atoms with E-state index in [2.05, 4.69) is 10.4 Å². The fourth-order valence-corrected chi connectivity index (χ4v) is 2.60. The zero-order valence-electron chi connectivity index (χ0n) is 10.3. The lowest BCUT2D eigenvalue weighted by Gasteiger charge is -2.09. The summed E-state index contributed by atoms with van der Waals surface area (Å²) in [7, 11) is 1.90. The fourth-order valence-electron chi connectivity index (χ4n) is 2.60. The van der Waals surface area contributed by atoms with Crippen molar-refractivity contribution in [1.29, 1.82) is 0 Å². The van der Waals surface area contributed by atoms with Crippen molar-refractivity contribution in [1.82, 2.24) is 9.78 Å². The van der Waals surface area contributed by atoms with Crippen molar-refractivity contribution in [3.05, 3.63) is 11.8 Å². The smallest absolute Gasteiger partial charge is 0.228 e. The number of aromatic nitrogens is 2. The zero-order chi connectivity index (χ0) is 11.8. The Morgan fingerprint density at radius 3 is 2.71 bits per heavy atom. The average Bonchev–Trinajstić information content (AvgIpc) is 2.87. The van der Waals surface area contributed by atoms with Crippen LogP contribution in [0.15, 0.2) is 6.07 Å². The minimum Gasteiger partial charge on any atom is -0.311 e. The van der Waals surface area contributed by atoms with Gasteiger partial charge < -0.3 is 5.32 Å². The number of aryl methyl sites for hydroxylation is 1. The molecule has 0 aliphatic heterocycles. The zero-order valence-corrected chi connectivity index (χ0v) is 10.3. The molecule has 0 atom stereocenters. The molecule has 0 radical (unpaired) electrons. The maximum Gasteiger partial charge on any atom is 0.228 e. The van der Waals surface area contributed by atoms with Gasteiger partial charge in [-0.15, -0.1) is 0 Å². The molecule has 4 heteroatoms. The van der Waals surface area contributed by atoms with Crippen molar-refractivity contribution in [3.8, 4) is 0 Å². The monoisotopic (exact) mass is 233 g/mol. The summed E-state index contributed by atoms with van der Waals surface area (Å²) in [6.45, 7) is 0. The van der Waals surface area contributed by atoms with Gasteiger partial charge in [-0.3, -0.25) is 9.48 Å². The van der Waals surface area contributed by atoms with Crippen LogP contribution in [-0.4, -0.2) is 15.7 Å². The van der Waals surface area contributed by atoms with Gasteiger partial charge in [-0.1, -0.05) is 12.8 Å². The van der Waals surface area contributed by atoms with Gasteiger partial charge in [0.05, 0.1) is 5.69 Å². The number of hydrogen-bond donors (Lipinski definition) is 1. The summed E-state index contributed by atoms with van der Waals surface area (Å²) in [6, 6.07) is 2.03. The maximum absolute atomic E-state index is 12.0. The van der Waals surface area contributed by atoms with Gasteiger partial charge in [0, 0.05) is 24.9 Å². The van der Waals surface area contributed by atoms with E-state index in [4.69, 9.17) is 0 Å². The van der Waals surface area contributed by atoms with Gasteiger partial charge >= 0.3 is 0 Å². The first-order chi connectivity index (χ1) is 8.24. The fraction of sp³-hybridized carbons (Fsp3) is 0.692. The van der Waals surface area contributed by atoms with Gasteiger partial charge in [-0.05, 0) is 25.7 Å². The minimum atomic E-state index is 0.174. The number of carbonyl (C=O) groups is 1. The molecule has 1 heterocycles. The molecule has 1 aromatic rings. The van der Waals surface area contributed by atoms with E-state index in [-0.39, 0.29) is 11.8 Å². The number of rotatable bonds is 3. The summed E-state index contributed by atoms with van der Waals surface area (Å²) in [5, 5.41) is 7.47. The normalized spacial score (nSPS) is 20.8. The molecule has 2 fully saturated rings. The number of amides is 1. The number of carbonyl (C=O) groups excluding carboxylic acids is 1. The van der Waals surface area contributed by atoms with Crippen LogP contribution in [0.5, 0.6) is 0 Å². The first-order valence-corrected chi connectivity index (χ1v) is 6.59. The van der Waals surface area contributed by atoms with Crippen molar-refractivity contribution in [2.45, 2.75) is 44.4 Å². The Hall–Kier alpha value is -1.32. The molecule has 0 saturated heterocycles. The summed E-state index contributed by atoms with van der Waals surface area (Å²) in [6.07, 6.45) is 6.95. The van der Waals surface area contributed by atoms with E-state index in [1.807, 2.05) is 13.1 Å². The predicted molar refractivity (Wildman–Crippen MR) is 65.8 cm³/mol. The van der Waals surface area contributed by atoms with Crippen LogP contribution < -0.4 is 5.32 Å². The van der Waals surface area contributed by atoms with Crippen LogP contribution >= 0.6 is 0 Å². The van der Waals surface area contributed by atoms with Gasteiger partial charge in [0.25, 0.3) is 0 Å². The summed E-state index contributed by atoms with van der Waals surface area (Å²) in [5.41, 5.74) is 1.13. The molecule has 0 spiro atoms.